The Morgan fingerprint density at radius 2 is 2.30 bits per heavy atom. The van der Waals surface area contributed by atoms with Crippen molar-refractivity contribution < 1.29 is 9.84 Å². The third kappa shape index (κ3) is 2.50. The van der Waals surface area contributed by atoms with Gasteiger partial charge >= 0.3 is 0 Å². The smallest absolute Gasteiger partial charge is 0.189 e. The summed E-state index contributed by atoms with van der Waals surface area (Å²) >= 11 is 0. The molecule has 1 aliphatic rings. The zero-order chi connectivity index (χ0) is 7.45. The fraction of sp³-hybridized carbons (Fsp3) is 0.750. The van der Waals surface area contributed by atoms with Crippen LogP contribution >= 0.6 is 0 Å². The molecule has 0 aromatic rings. The lowest BCUT2D eigenvalue weighted by Gasteiger charge is -2.01. The molecule has 1 heterocycles. The Balaban J connectivity index is 1.90. The Morgan fingerprint density at radius 1 is 1.60 bits per heavy atom. The predicted molar refractivity (Wildman–Crippen MR) is 39.6 cm³/mol. The van der Waals surface area contributed by atoms with Gasteiger partial charge in [-0.3, -0.25) is 0 Å². The molecule has 0 bridgehead atoms. The van der Waals surface area contributed by atoms with E-state index in [0.29, 0.717) is 6.61 Å². The predicted octanol–water partition coefficient (Wildman–Crippen LogP) is 1.45. The van der Waals surface area contributed by atoms with Crippen LogP contribution in [-0.4, -0.2) is 17.5 Å². The van der Waals surface area contributed by atoms with Gasteiger partial charge in [-0.25, -0.2) is 0 Å². The third-order valence-electron chi connectivity index (χ3n) is 1.70. The minimum absolute atomic E-state index is 0.529. The van der Waals surface area contributed by atoms with E-state index < -0.39 is 5.79 Å². The Kier molecular flexibility index (Phi) is 2.46. The summed E-state index contributed by atoms with van der Waals surface area (Å²) in [5.41, 5.74) is 0. The van der Waals surface area contributed by atoms with Gasteiger partial charge in [-0.1, -0.05) is 6.08 Å². The molecule has 0 aromatic carbocycles. The number of unbranched alkanes of at least 4 members (excludes halogenated alkanes) is 2. The fourth-order valence-corrected chi connectivity index (χ4v) is 0.918. The van der Waals surface area contributed by atoms with Gasteiger partial charge in [0.1, 0.15) is 6.61 Å². The van der Waals surface area contributed by atoms with Crippen LogP contribution in [0, 0.1) is 0 Å². The summed E-state index contributed by atoms with van der Waals surface area (Å²) in [5.74, 6) is -0.735. The second-order valence-corrected chi connectivity index (χ2v) is 2.77. The highest BCUT2D eigenvalue weighted by atomic mass is 16.7. The average molecular weight is 142 g/mol. The molecular weight excluding hydrogens is 128 g/mol. The number of hydrogen-bond acceptors (Lipinski definition) is 2. The first-order valence-electron chi connectivity index (χ1n) is 3.74. The largest absolute Gasteiger partial charge is 0.364 e. The normalized spacial score (nSPS) is 30.1. The topological polar surface area (TPSA) is 32.8 Å². The van der Waals surface area contributed by atoms with E-state index in [0.717, 1.165) is 25.7 Å². The molecule has 2 heteroatoms. The van der Waals surface area contributed by atoms with E-state index >= 15 is 0 Å². The van der Waals surface area contributed by atoms with Gasteiger partial charge in [-0.05, 0) is 19.3 Å². The summed E-state index contributed by atoms with van der Waals surface area (Å²) in [6, 6.07) is 0. The zero-order valence-corrected chi connectivity index (χ0v) is 6.18. The number of ether oxygens (including phenoxy) is 1. The lowest BCUT2D eigenvalue weighted by Crippen LogP contribution is -2.07. The van der Waals surface area contributed by atoms with Crippen molar-refractivity contribution in [3.05, 3.63) is 12.7 Å². The van der Waals surface area contributed by atoms with Crippen LogP contribution in [0.5, 0.6) is 0 Å². The van der Waals surface area contributed by atoms with Gasteiger partial charge in [0.25, 0.3) is 0 Å². The highest BCUT2D eigenvalue weighted by molar-refractivity contribution is 4.79. The highest BCUT2D eigenvalue weighted by Gasteiger charge is 2.41. The first kappa shape index (κ1) is 7.76. The lowest BCUT2D eigenvalue weighted by molar-refractivity contribution is 0.0267. The number of rotatable bonds is 5. The van der Waals surface area contributed by atoms with Gasteiger partial charge in [0, 0.05) is 6.42 Å². The van der Waals surface area contributed by atoms with Crippen LogP contribution in [0.15, 0.2) is 12.7 Å². The second kappa shape index (κ2) is 3.17. The van der Waals surface area contributed by atoms with E-state index in [1.54, 1.807) is 0 Å². The Hall–Kier alpha value is -0.340. The van der Waals surface area contributed by atoms with Crippen LogP contribution in [0.3, 0.4) is 0 Å². The standard InChI is InChI=1S/C8H14O2/c1-2-3-4-5-6-8(9)7-10-8/h2,9H,1,3-7H2. The van der Waals surface area contributed by atoms with Crippen molar-refractivity contribution in [1.82, 2.24) is 0 Å². The average Bonchev–Trinajstić information content (AvgIpc) is 2.62. The molecule has 1 atom stereocenters. The van der Waals surface area contributed by atoms with E-state index in [1.807, 2.05) is 6.08 Å². The highest BCUT2D eigenvalue weighted by Crippen LogP contribution is 2.28. The number of allylic oxidation sites excluding steroid dienone is 1. The molecule has 0 aromatic heterocycles. The summed E-state index contributed by atoms with van der Waals surface area (Å²) in [6.45, 7) is 4.15. The van der Waals surface area contributed by atoms with E-state index in [9.17, 15) is 5.11 Å². The monoisotopic (exact) mass is 142 g/mol. The minimum Gasteiger partial charge on any atom is -0.364 e. The van der Waals surface area contributed by atoms with E-state index in [4.69, 9.17) is 4.74 Å². The number of hydrogen-bond donors (Lipinski definition) is 1. The Bertz CT molecular complexity index is 116. The molecule has 0 spiro atoms. The fourth-order valence-electron chi connectivity index (χ4n) is 0.918. The van der Waals surface area contributed by atoms with Crippen molar-refractivity contribution in [2.75, 3.05) is 6.61 Å². The van der Waals surface area contributed by atoms with Crippen molar-refractivity contribution in [3.8, 4) is 0 Å². The van der Waals surface area contributed by atoms with Crippen LogP contribution in [0.4, 0.5) is 0 Å². The lowest BCUT2D eigenvalue weighted by atomic mass is 10.1. The zero-order valence-electron chi connectivity index (χ0n) is 6.18. The molecule has 0 amide bonds. The molecule has 1 N–H and O–H groups in total. The van der Waals surface area contributed by atoms with Crippen LogP contribution < -0.4 is 0 Å². The molecule has 0 radical (unpaired) electrons. The Labute approximate surface area is 61.5 Å². The number of aliphatic hydroxyl groups is 1. The summed E-state index contributed by atoms with van der Waals surface area (Å²) in [5, 5.41) is 9.18. The van der Waals surface area contributed by atoms with Crippen molar-refractivity contribution in [1.29, 1.82) is 0 Å². The molecule has 1 rings (SSSR count). The summed E-state index contributed by atoms with van der Waals surface area (Å²) in [6.07, 6.45) is 5.85. The van der Waals surface area contributed by atoms with Crippen LogP contribution in [0.2, 0.25) is 0 Å². The first-order chi connectivity index (χ1) is 4.77. The van der Waals surface area contributed by atoms with Gasteiger partial charge in [0.15, 0.2) is 5.79 Å². The summed E-state index contributed by atoms with van der Waals surface area (Å²) in [4.78, 5) is 0. The van der Waals surface area contributed by atoms with Crippen molar-refractivity contribution in [3.63, 3.8) is 0 Å². The molecule has 1 fully saturated rings. The minimum atomic E-state index is -0.735. The summed E-state index contributed by atoms with van der Waals surface area (Å²) in [7, 11) is 0. The molecule has 10 heavy (non-hydrogen) atoms. The molecule has 58 valence electrons. The second-order valence-electron chi connectivity index (χ2n) is 2.77. The van der Waals surface area contributed by atoms with Gasteiger partial charge < -0.3 is 9.84 Å². The van der Waals surface area contributed by atoms with E-state index in [-0.39, 0.29) is 0 Å². The quantitative estimate of drug-likeness (QED) is 0.358. The van der Waals surface area contributed by atoms with Gasteiger partial charge in [0.2, 0.25) is 0 Å². The molecular formula is C8H14O2. The number of epoxide rings is 1. The van der Waals surface area contributed by atoms with E-state index in [2.05, 4.69) is 6.58 Å². The first-order valence-corrected chi connectivity index (χ1v) is 3.74. The van der Waals surface area contributed by atoms with E-state index in [1.165, 1.54) is 0 Å². The van der Waals surface area contributed by atoms with Crippen molar-refractivity contribution in [2.45, 2.75) is 31.5 Å². The molecule has 0 saturated carbocycles. The molecule has 1 saturated heterocycles. The maximum Gasteiger partial charge on any atom is 0.189 e. The molecule has 1 aliphatic heterocycles. The van der Waals surface area contributed by atoms with Crippen molar-refractivity contribution in [2.24, 2.45) is 0 Å². The maximum atomic E-state index is 9.18. The molecule has 1 unspecified atom stereocenters. The van der Waals surface area contributed by atoms with Gasteiger partial charge in [0.05, 0.1) is 0 Å². The molecule has 2 nitrogen and oxygen atoms in total. The Morgan fingerprint density at radius 3 is 2.80 bits per heavy atom. The van der Waals surface area contributed by atoms with Crippen LogP contribution in [-0.2, 0) is 4.74 Å². The van der Waals surface area contributed by atoms with Crippen molar-refractivity contribution >= 4 is 0 Å². The van der Waals surface area contributed by atoms with Gasteiger partial charge in [-0.2, -0.15) is 0 Å². The van der Waals surface area contributed by atoms with Crippen LogP contribution in [0.1, 0.15) is 25.7 Å². The third-order valence-corrected chi connectivity index (χ3v) is 1.70. The molecule has 0 aliphatic carbocycles. The maximum absolute atomic E-state index is 9.18. The SMILES string of the molecule is C=CCCCCC1(O)CO1. The van der Waals surface area contributed by atoms with Crippen LogP contribution in [0.25, 0.3) is 0 Å². The van der Waals surface area contributed by atoms with Gasteiger partial charge in [-0.15, -0.1) is 6.58 Å². The summed E-state index contributed by atoms with van der Waals surface area (Å²) < 4.78 is 4.81.